The molecule has 1 atom stereocenters. The summed E-state index contributed by atoms with van der Waals surface area (Å²) < 4.78 is 0.935. The third kappa shape index (κ3) is 2.59. The van der Waals surface area contributed by atoms with E-state index in [1.54, 1.807) is 0 Å². The van der Waals surface area contributed by atoms with Crippen molar-refractivity contribution in [1.29, 1.82) is 0 Å². The van der Waals surface area contributed by atoms with Crippen LogP contribution >= 0.6 is 27.5 Å². The molecule has 0 heterocycles. The molecule has 4 heteroatoms. The number of hydrogen-bond acceptors (Lipinski definition) is 2. The van der Waals surface area contributed by atoms with Crippen molar-refractivity contribution in [2.24, 2.45) is 11.8 Å². The molecule has 88 valence electrons. The Morgan fingerprint density at radius 2 is 2.06 bits per heavy atom. The lowest BCUT2D eigenvalue weighted by Gasteiger charge is -2.23. The molecule has 1 aromatic rings. The Bertz CT molecular complexity index is 364. The van der Waals surface area contributed by atoms with Crippen molar-refractivity contribution in [1.82, 2.24) is 5.43 Å². The Morgan fingerprint density at radius 1 is 1.38 bits per heavy atom. The van der Waals surface area contributed by atoms with Crippen molar-refractivity contribution in [2.45, 2.75) is 31.7 Å². The zero-order valence-corrected chi connectivity index (χ0v) is 11.4. The first-order valence-corrected chi connectivity index (χ1v) is 6.80. The summed E-state index contributed by atoms with van der Waals surface area (Å²) in [5.41, 5.74) is 4.16. The highest BCUT2D eigenvalue weighted by Crippen LogP contribution is 2.36. The number of benzene rings is 1. The highest BCUT2D eigenvalue weighted by Gasteiger charge is 2.25. The minimum Gasteiger partial charge on any atom is -0.271 e. The van der Waals surface area contributed by atoms with Crippen LogP contribution in [0.1, 0.15) is 37.3 Å². The van der Waals surface area contributed by atoms with Crippen LogP contribution in [0.25, 0.3) is 0 Å². The molecule has 0 radical (unpaired) electrons. The van der Waals surface area contributed by atoms with E-state index in [2.05, 4.69) is 33.5 Å². The molecule has 0 saturated heterocycles. The first-order valence-electron chi connectivity index (χ1n) is 5.63. The predicted octanol–water partition coefficient (Wildman–Crippen LogP) is 3.80. The van der Waals surface area contributed by atoms with Gasteiger partial charge in [-0.25, -0.2) is 0 Å². The summed E-state index contributed by atoms with van der Waals surface area (Å²) in [6, 6.07) is 6.28. The maximum absolute atomic E-state index is 5.99. The first-order chi connectivity index (χ1) is 7.72. The second kappa shape index (κ2) is 5.50. The number of rotatable bonds is 3. The van der Waals surface area contributed by atoms with Crippen LogP contribution in [0.3, 0.4) is 0 Å². The van der Waals surface area contributed by atoms with Gasteiger partial charge in [0.05, 0.1) is 5.02 Å². The molecule has 1 fully saturated rings. The normalized spacial score (nSPS) is 18.9. The van der Waals surface area contributed by atoms with Gasteiger partial charge >= 0.3 is 0 Å². The lowest BCUT2D eigenvalue weighted by atomic mass is 9.92. The molecule has 1 aliphatic rings. The van der Waals surface area contributed by atoms with Gasteiger partial charge in [0.2, 0.25) is 0 Å². The van der Waals surface area contributed by atoms with Crippen LogP contribution in [0.2, 0.25) is 5.02 Å². The highest BCUT2D eigenvalue weighted by atomic mass is 79.9. The van der Waals surface area contributed by atoms with Crippen LogP contribution in [-0.2, 0) is 0 Å². The summed E-state index contributed by atoms with van der Waals surface area (Å²) in [7, 11) is 0. The van der Waals surface area contributed by atoms with Crippen molar-refractivity contribution < 1.29 is 0 Å². The van der Waals surface area contributed by atoms with Gasteiger partial charge in [0.1, 0.15) is 0 Å². The molecule has 1 aromatic carbocycles. The lowest BCUT2D eigenvalue weighted by Crippen LogP contribution is -2.32. The van der Waals surface area contributed by atoms with Gasteiger partial charge in [-0.1, -0.05) is 30.5 Å². The molecule has 0 amide bonds. The number of hydrogen-bond donors (Lipinski definition) is 2. The van der Waals surface area contributed by atoms with Crippen LogP contribution in [-0.4, -0.2) is 0 Å². The van der Waals surface area contributed by atoms with Gasteiger partial charge in [-0.15, -0.1) is 0 Å². The van der Waals surface area contributed by atoms with Crippen LogP contribution < -0.4 is 11.3 Å². The topological polar surface area (TPSA) is 38.0 Å². The second-order valence-corrected chi connectivity index (χ2v) is 5.62. The monoisotopic (exact) mass is 302 g/mol. The summed E-state index contributed by atoms with van der Waals surface area (Å²) in [6.45, 7) is 0. The SMILES string of the molecule is NNC(c1ccc(Cl)c(Br)c1)C1CCCC1. The van der Waals surface area contributed by atoms with Crippen LogP contribution in [0.4, 0.5) is 0 Å². The quantitative estimate of drug-likeness (QED) is 0.658. The van der Waals surface area contributed by atoms with Gasteiger partial charge < -0.3 is 0 Å². The zero-order valence-electron chi connectivity index (χ0n) is 9.05. The molecule has 1 aliphatic carbocycles. The average molecular weight is 304 g/mol. The number of halogens is 2. The molecule has 1 saturated carbocycles. The minimum absolute atomic E-state index is 0.246. The van der Waals surface area contributed by atoms with Gasteiger partial charge in [-0.3, -0.25) is 11.3 Å². The average Bonchev–Trinajstić information content (AvgIpc) is 2.78. The molecule has 2 rings (SSSR count). The Balaban J connectivity index is 2.22. The third-order valence-corrected chi connectivity index (χ3v) is 4.57. The van der Waals surface area contributed by atoms with Crippen LogP contribution in [0.5, 0.6) is 0 Å². The van der Waals surface area contributed by atoms with E-state index in [4.69, 9.17) is 17.4 Å². The lowest BCUT2D eigenvalue weighted by molar-refractivity contribution is 0.373. The summed E-state index contributed by atoms with van der Waals surface area (Å²) in [4.78, 5) is 0. The fourth-order valence-electron chi connectivity index (χ4n) is 2.50. The van der Waals surface area contributed by atoms with Crippen LogP contribution in [0.15, 0.2) is 22.7 Å². The van der Waals surface area contributed by atoms with E-state index in [1.165, 1.54) is 31.2 Å². The summed E-state index contributed by atoms with van der Waals surface area (Å²) in [6.07, 6.45) is 5.15. The summed E-state index contributed by atoms with van der Waals surface area (Å²) >= 11 is 9.44. The van der Waals surface area contributed by atoms with E-state index in [0.29, 0.717) is 5.92 Å². The van der Waals surface area contributed by atoms with Crippen molar-refractivity contribution in [3.05, 3.63) is 33.3 Å². The molecule has 16 heavy (non-hydrogen) atoms. The third-order valence-electron chi connectivity index (χ3n) is 3.35. The molecule has 3 N–H and O–H groups in total. The maximum atomic E-state index is 5.99. The number of nitrogens with one attached hydrogen (secondary N) is 1. The van der Waals surface area contributed by atoms with Crippen molar-refractivity contribution in [2.75, 3.05) is 0 Å². The fraction of sp³-hybridized carbons (Fsp3) is 0.500. The Hall–Kier alpha value is -0.0900. The molecule has 1 unspecified atom stereocenters. The second-order valence-electron chi connectivity index (χ2n) is 4.36. The van der Waals surface area contributed by atoms with Gasteiger partial charge in [0, 0.05) is 10.5 Å². The Kier molecular flexibility index (Phi) is 4.25. The smallest absolute Gasteiger partial charge is 0.0548 e. The van der Waals surface area contributed by atoms with E-state index < -0.39 is 0 Å². The molecular weight excluding hydrogens is 288 g/mol. The van der Waals surface area contributed by atoms with E-state index >= 15 is 0 Å². The minimum atomic E-state index is 0.246. The van der Waals surface area contributed by atoms with Gasteiger partial charge in [-0.2, -0.15) is 0 Å². The maximum Gasteiger partial charge on any atom is 0.0548 e. The van der Waals surface area contributed by atoms with Crippen molar-refractivity contribution in [3.8, 4) is 0 Å². The Labute approximate surface area is 110 Å². The molecule has 0 aliphatic heterocycles. The van der Waals surface area contributed by atoms with E-state index in [1.807, 2.05) is 6.07 Å². The van der Waals surface area contributed by atoms with Gasteiger partial charge in [0.15, 0.2) is 0 Å². The first kappa shape index (κ1) is 12.4. The molecule has 0 bridgehead atoms. The van der Waals surface area contributed by atoms with Crippen molar-refractivity contribution in [3.63, 3.8) is 0 Å². The largest absolute Gasteiger partial charge is 0.271 e. The Morgan fingerprint density at radius 3 is 2.62 bits per heavy atom. The van der Waals surface area contributed by atoms with Crippen LogP contribution in [0, 0.1) is 5.92 Å². The van der Waals surface area contributed by atoms with Gasteiger partial charge in [0.25, 0.3) is 0 Å². The van der Waals surface area contributed by atoms with Crippen molar-refractivity contribution >= 4 is 27.5 Å². The zero-order chi connectivity index (χ0) is 11.5. The summed E-state index contributed by atoms with van der Waals surface area (Å²) in [5, 5.41) is 0.742. The van der Waals surface area contributed by atoms with E-state index in [9.17, 15) is 0 Å². The molecule has 0 aromatic heterocycles. The summed E-state index contributed by atoms with van der Waals surface area (Å²) in [5.74, 6) is 6.33. The van der Waals surface area contributed by atoms with Gasteiger partial charge in [-0.05, 0) is 52.4 Å². The number of hydrazine groups is 1. The number of nitrogens with two attached hydrogens (primary N) is 1. The molecular formula is C12H16BrClN2. The van der Waals surface area contributed by atoms with E-state index in [-0.39, 0.29) is 6.04 Å². The standard InChI is InChI=1S/C12H16BrClN2/c13-10-7-9(5-6-11(10)14)12(16-15)8-3-1-2-4-8/h5-8,12,16H,1-4,15H2. The van der Waals surface area contributed by atoms with E-state index in [0.717, 1.165) is 9.50 Å². The highest BCUT2D eigenvalue weighted by molar-refractivity contribution is 9.10. The predicted molar refractivity (Wildman–Crippen MR) is 71.2 cm³/mol. The molecule has 2 nitrogen and oxygen atoms in total. The fourth-order valence-corrected chi connectivity index (χ4v) is 3.02. The molecule has 0 spiro atoms.